The van der Waals surface area contributed by atoms with Gasteiger partial charge in [0, 0.05) is 17.2 Å². The Labute approximate surface area is 108 Å². The number of nitrogens with zero attached hydrogens (tertiary/aromatic N) is 2. The van der Waals surface area contributed by atoms with Gasteiger partial charge in [0.2, 0.25) is 0 Å². The number of hydrogen-bond donors (Lipinski definition) is 1. The number of nitriles is 1. The minimum atomic E-state index is 0.676. The first-order chi connectivity index (χ1) is 8.28. The normalized spacial score (nSPS) is 9.65. The summed E-state index contributed by atoms with van der Waals surface area (Å²) in [6.07, 6.45) is 1.75. The Morgan fingerprint density at radius 1 is 1.18 bits per heavy atom. The highest BCUT2D eigenvalue weighted by Gasteiger charge is 1.96. The van der Waals surface area contributed by atoms with E-state index in [1.54, 1.807) is 6.20 Å². The van der Waals surface area contributed by atoms with Crippen molar-refractivity contribution in [1.29, 1.82) is 5.26 Å². The molecule has 0 radical (unpaired) electrons. The van der Waals surface area contributed by atoms with Gasteiger partial charge in [-0.3, -0.25) is 0 Å². The van der Waals surface area contributed by atoms with E-state index < -0.39 is 0 Å². The average molecular weight is 288 g/mol. The monoisotopic (exact) mass is 287 g/mol. The third kappa shape index (κ3) is 3.30. The van der Waals surface area contributed by atoms with Crippen LogP contribution in [0.15, 0.2) is 47.1 Å². The third-order valence-electron chi connectivity index (χ3n) is 2.28. The van der Waals surface area contributed by atoms with Gasteiger partial charge in [-0.1, -0.05) is 12.1 Å². The number of pyridine rings is 1. The Hall–Kier alpha value is -1.86. The Morgan fingerprint density at radius 3 is 2.53 bits per heavy atom. The highest BCUT2D eigenvalue weighted by atomic mass is 79.9. The lowest BCUT2D eigenvalue weighted by molar-refractivity contribution is 1.11. The average Bonchev–Trinajstić information content (AvgIpc) is 2.39. The third-order valence-corrected chi connectivity index (χ3v) is 2.75. The summed E-state index contributed by atoms with van der Waals surface area (Å²) in [6, 6.07) is 13.4. The molecule has 2 rings (SSSR count). The maximum Gasteiger partial charge on any atom is 0.126 e. The molecule has 1 aromatic heterocycles. The van der Waals surface area contributed by atoms with E-state index in [4.69, 9.17) is 5.26 Å². The molecule has 17 heavy (non-hydrogen) atoms. The minimum Gasteiger partial charge on any atom is -0.366 e. The lowest BCUT2D eigenvalue weighted by atomic mass is 10.1. The molecule has 0 spiro atoms. The van der Waals surface area contributed by atoms with E-state index in [0.29, 0.717) is 12.1 Å². The fourth-order valence-electron chi connectivity index (χ4n) is 1.37. The zero-order chi connectivity index (χ0) is 12.1. The van der Waals surface area contributed by atoms with E-state index >= 15 is 0 Å². The molecule has 1 aromatic carbocycles. The van der Waals surface area contributed by atoms with E-state index in [1.807, 2.05) is 36.4 Å². The zero-order valence-electron chi connectivity index (χ0n) is 9.02. The van der Waals surface area contributed by atoms with Crippen LogP contribution in [0.25, 0.3) is 0 Å². The molecule has 0 saturated carbocycles. The van der Waals surface area contributed by atoms with Crippen LogP contribution < -0.4 is 5.32 Å². The van der Waals surface area contributed by atoms with E-state index in [1.165, 1.54) is 0 Å². The first-order valence-corrected chi connectivity index (χ1v) is 5.92. The van der Waals surface area contributed by atoms with E-state index in [2.05, 4.69) is 32.3 Å². The fraction of sp³-hybridized carbons (Fsp3) is 0.0769. The Kier molecular flexibility index (Phi) is 3.73. The molecule has 2 aromatic rings. The van der Waals surface area contributed by atoms with Gasteiger partial charge in [0.1, 0.15) is 5.82 Å². The standard InChI is InChI=1S/C13H10BrN3/c14-12-5-6-13(17-9-12)16-8-11-3-1-10(7-15)2-4-11/h1-6,9H,8H2,(H,16,17). The van der Waals surface area contributed by atoms with Gasteiger partial charge in [-0.25, -0.2) is 4.98 Å². The summed E-state index contributed by atoms with van der Waals surface area (Å²) in [5.41, 5.74) is 1.80. The van der Waals surface area contributed by atoms with E-state index in [0.717, 1.165) is 15.9 Å². The van der Waals surface area contributed by atoms with E-state index in [-0.39, 0.29) is 0 Å². The second-order valence-electron chi connectivity index (χ2n) is 3.52. The number of aromatic nitrogens is 1. The van der Waals surface area contributed by atoms with Crippen LogP contribution in [0.4, 0.5) is 5.82 Å². The quantitative estimate of drug-likeness (QED) is 0.942. The number of nitrogens with one attached hydrogen (secondary N) is 1. The molecular weight excluding hydrogens is 278 g/mol. The summed E-state index contributed by atoms with van der Waals surface area (Å²) in [7, 11) is 0. The van der Waals surface area contributed by atoms with Gasteiger partial charge in [0.15, 0.2) is 0 Å². The number of rotatable bonds is 3. The Bertz CT molecular complexity index is 526. The topological polar surface area (TPSA) is 48.7 Å². The molecule has 0 amide bonds. The van der Waals surface area contributed by atoms with Crippen LogP contribution in [0.5, 0.6) is 0 Å². The van der Waals surface area contributed by atoms with Crippen molar-refractivity contribution in [3.05, 3.63) is 58.2 Å². The van der Waals surface area contributed by atoms with Gasteiger partial charge in [0.25, 0.3) is 0 Å². The molecule has 0 fully saturated rings. The number of halogens is 1. The van der Waals surface area contributed by atoms with E-state index in [9.17, 15) is 0 Å². The van der Waals surface area contributed by atoms with Gasteiger partial charge in [-0.15, -0.1) is 0 Å². The zero-order valence-corrected chi connectivity index (χ0v) is 10.6. The molecule has 3 nitrogen and oxygen atoms in total. The number of anilines is 1. The van der Waals surface area contributed by atoms with Crippen molar-refractivity contribution in [2.75, 3.05) is 5.32 Å². The van der Waals surface area contributed by atoms with Gasteiger partial charge in [-0.05, 0) is 45.8 Å². The van der Waals surface area contributed by atoms with Crippen molar-refractivity contribution in [3.63, 3.8) is 0 Å². The smallest absolute Gasteiger partial charge is 0.126 e. The Morgan fingerprint density at radius 2 is 1.94 bits per heavy atom. The second-order valence-corrected chi connectivity index (χ2v) is 4.44. The Balaban J connectivity index is 1.98. The van der Waals surface area contributed by atoms with Crippen LogP contribution in [0.3, 0.4) is 0 Å². The summed E-state index contributed by atoms with van der Waals surface area (Å²) < 4.78 is 0.960. The fourth-order valence-corrected chi connectivity index (χ4v) is 1.60. The molecule has 0 bridgehead atoms. The lowest BCUT2D eigenvalue weighted by Gasteiger charge is -2.05. The highest BCUT2D eigenvalue weighted by molar-refractivity contribution is 9.10. The molecule has 0 aliphatic carbocycles. The van der Waals surface area contributed by atoms with Crippen LogP contribution in [0.1, 0.15) is 11.1 Å². The van der Waals surface area contributed by atoms with Crippen LogP contribution in [-0.4, -0.2) is 4.98 Å². The molecular formula is C13H10BrN3. The molecule has 4 heteroatoms. The van der Waals surface area contributed by atoms with Crippen LogP contribution in [0.2, 0.25) is 0 Å². The molecule has 0 unspecified atom stereocenters. The lowest BCUT2D eigenvalue weighted by Crippen LogP contribution is -2.00. The largest absolute Gasteiger partial charge is 0.366 e. The summed E-state index contributed by atoms with van der Waals surface area (Å²) in [5, 5.41) is 11.9. The van der Waals surface area contributed by atoms with Crippen molar-refractivity contribution in [2.45, 2.75) is 6.54 Å². The molecule has 84 valence electrons. The first-order valence-electron chi connectivity index (χ1n) is 5.12. The summed E-state index contributed by atoms with van der Waals surface area (Å²) in [5.74, 6) is 0.831. The van der Waals surface area contributed by atoms with Crippen LogP contribution >= 0.6 is 15.9 Å². The van der Waals surface area contributed by atoms with Crippen molar-refractivity contribution < 1.29 is 0 Å². The molecule has 0 aliphatic heterocycles. The molecule has 1 heterocycles. The summed E-state index contributed by atoms with van der Waals surface area (Å²) in [6.45, 7) is 0.695. The van der Waals surface area contributed by atoms with Gasteiger partial charge >= 0.3 is 0 Å². The predicted octanol–water partition coefficient (Wildman–Crippen LogP) is 3.33. The molecule has 1 N–H and O–H groups in total. The van der Waals surface area contributed by atoms with Crippen molar-refractivity contribution in [2.24, 2.45) is 0 Å². The van der Waals surface area contributed by atoms with Crippen LogP contribution in [-0.2, 0) is 6.54 Å². The number of benzene rings is 1. The maximum atomic E-state index is 8.68. The molecule has 0 saturated heterocycles. The summed E-state index contributed by atoms with van der Waals surface area (Å²) >= 11 is 3.34. The van der Waals surface area contributed by atoms with Gasteiger partial charge in [-0.2, -0.15) is 5.26 Å². The van der Waals surface area contributed by atoms with Crippen molar-refractivity contribution >= 4 is 21.7 Å². The van der Waals surface area contributed by atoms with Gasteiger partial charge in [0.05, 0.1) is 11.6 Å². The molecule has 0 atom stereocenters. The second kappa shape index (κ2) is 5.46. The van der Waals surface area contributed by atoms with Crippen LogP contribution in [0, 0.1) is 11.3 Å². The highest BCUT2D eigenvalue weighted by Crippen LogP contribution is 2.11. The number of hydrogen-bond acceptors (Lipinski definition) is 3. The van der Waals surface area contributed by atoms with Gasteiger partial charge < -0.3 is 5.32 Å². The first kappa shape index (κ1) is 11.6. The summed E-state index contributed by atoms with van der Waals surface area (Å²) in [4.78, 5) is 4.22. The van der Waals surface area contributed by atoms with Crippen molar-refractivity contribution in [1.82, 2.24) is 4.98 Å². The maximum absolute atomic E-state index is 8.68. The molecule has 0 aliphatic rings. The SMILES string of the molecule is N#Cc1ccc(CNc2ccc(Br)cn2)cc1. The minimum absolute atomic E-state index is 0.676. The van der Waals surface area contributed by atoms with Crippen molar-refractivity contribution in [3.8, 4) is 6.07 Å². The predicted molar refractivity (Wildman–Crippen MR) is 70.4 cm³/mol.